The van der Waals surface area contributed by atoms with Gasteiger partial charge in [-0.25, -0.2) is 9.97 Å². The fourth-order valence-electron chi connectivity index (χ4n) is 2.55. The molecular weight excluding hydrogens is 316 g/mol. The number of aromatic nitrogens is 4. The fraction of sp³-hybridized carbons (Fsp3) is 0.0526. The van der Waals surface area contributed by atoms with Crippen LogP contribution in [0.25, 0.3) is 22.5 Å². The van der Waals surface area contributed by atoms with Crippen LogP contribution in [0.4, 0.5) is 0 Å². The Kier molecular flexibility index (Phi) is 4.16. The molecule has 0 saturated carbocycles. The van der Waals surface area contributed by atoms with Gasteiger partial charge in [0.1, 0.15) is 5.82 Å². The number of aromatic amines is 2. The largest absolute Gasteiger partial charge is 0.348 e. The van der Waals surface area contributed by atoms with E-state index in [1.165, 1.54) is 0 Å². The van der Waals surface area contributed by atoms with Gasteiger partial charge in [0.05, 0.1) is 17.1 Å². The minimum Gasteiger partial charge on any atom is -0.348 e. The minimum absolute atomic E-state index is 0.753. The molecule has 4 nitrogen and oxygen atoms in total. The van der Waals surface area contributed by atoms with Crippen molar-refractivity contribution in [3.05, 3.63) is 78.9 Å². The van der Waals surface area contributed by atoms with Crippen molar-refractivity contribution in [1.29, 1.82) is 0 Å². The number of hydrogen-bond donors (Lipinski definition) is 2. The summed E-state index contributed by atoms with van der Waals surface area (Å²) < 4.78 is 0. The van der Waals surface area contributed by atoms with Crippen LogP contribution in [-0.2, 0) is 5.75 Å². The van der Waals surface area contributed by atoms with Crippen LogP contribution >= 0.6 is 11.8 Å². The molecule has 2 aromatic heterocycles. The lowest BCUT2D eigenvalue weighted by molar-refractivity contribution is 1.05. The summed E-state index contributed by atoms with van der Waals surface area (Å²) in [5.41, 5.74) is 4.26. The molecule has 0 radical (unpaired) electrons. The van der Waals surface area contributed by atoms with Gasteiger partial charge in [-0.15, -0.1) is 0 Å². The maximum Gasteiger partial charge on any atom is 0.166 e. The molecule has 0 amide bonds. The van der Waals surface area contributed by atoms with Gasteiger partial charge in [-0.05, 0) is 0 Å². The predicted octanol–water partition coefficient (Wildman–Crippen LogP) is 4.76. The van der Waals surface area contributed by atoms with Crippen LogP contribution in [0.3, 0.4) is 0 Å². The second-order valence-electron chi connectivity index (χ2n) is 5.32. The molecule has 2 N–H and O–H groups in total. The Morgan fingerprint density at radius 3 is 2.25 bits per heavy atom. The normalized spacial score (nSPS) is 10.8. The number of rotatable bonds is 5. The number of H-pyrrole nitrogens is 2. The van der Waals surface area contributed by atoms with E-state index in [9.17, 15) is 0 Å². The second-order valence-corrected chi connectivity index (χ2v) is 6.29. The van der Waals surface area contributed by atoms with E-state index in [1.807, 2.05) is 42.6 Å². The third-order valence-electron chi connectivity index (χ3n) is 3.69. The molecule has 0 aliphatic rings. The van der Waals surface area contributed by atoms with Gasteiger partial charge in [0.25, 0.3) is 0 Å². The lowest BCUT2D eigenvalue weighted by atomic mass is 10.1. The number of benzene rings is 2. The zero-order valence-corrected chi connectivity index (χ0v) is 13.8. The highest BCUT2D eigenvalue weighted by atomic mass is 32.2. The van der Waals surface area contributed by atoms with E-state index in [2.05, 4.69) is 39.2 Å². The quantitative estimate of drug-likeness (QED) is 0.518. The zero-order valence-electron chi connectivity index (χ0n) is 12.9. The van der Waals surface area contributed by atoms with Gasteiger partial charge in [0.15, 0.2) is 5.16 Å². The first-order valence-electron chi connectivity index (χ1n) is 7.72. The van der Waals surface area contributed by atoms with Gasteiger partial charge in [-0.1, -0.05) is 72.4 Å². The molecule has 24 heavy (non-hydrogen) atoms. The van der Waals surface area contributed by atoms with E-state index in [4.69, 9.17) is 4.98 Å². The van der Waals surface area contributed by atoms with Gasteiger partial charge < -0.3 is 9.97 Å². The van der Waals surface area contributed by atoms with Crippen LogP contribution in [0.1, 0.15) is 5.82 Å². The molecule has 4 rings (SSSR count). The average Bonchev–Trinajstić information content (AvgIpc) is 3.31. The topological polar surface area (TPSA) is 57.4 Å². The van der Waals surface area contributed by atoms with Gasteiger partial charge in [0.2, 0.25) is 0 Å². The number of nitrogens with one attached hydrogen (secondary N) is 2. The summed E-state index contributed by atoms with van der Waals surface area (Å²) >= 11 is 1.64. The van der Waals surface area contributed by atoms with Crippen molar-refractivity contribution in [2.75, 3.05) is 0 Å². The second kappa shape index (κ2) is 6.76. The van der Waals surface area contributed by atoms with Gasteiger partial charge >= 0.3 is 0 Å². The molecule has 118 valence electrons. The summed E-state index contributed by atoms with van der Waals surface area (Å²) in [6.45, 7) is 0. The smallest absolute Gasteiger partial charge is 0.166 e. The van der Waals surface area contributed by atoms with Crippen molar-refractivity contribution in [2.45, 2.75) is 10.9 Å². The first-order chi connectivity index (χ1) is 11.9. The number of nitrogens with zero attached hydrogens (tertiary/aromatic N) is 2. The van der Waals surface area contributed by atoms with E-state index in [0.29, 0.717) is 0 Å². The number of hydrogen-bond acceptors (Lipinski definition) is 3. The van der Waals surface area contributed by atoms with E-state index in [0.717, 1.165) is 39.2 Å². The van der Waals surface area contributed by atoms with E-state index < -0.39 is 0 Å². The molecule has 2 heterocycles. The van der Waals surface area contributed by atoms with Crippen LogP contribution in [0.5, 0.6) is 0 Å². The van der Waals surface area contributed by atoms with Crippen molar-refractivity contribution in [3.63, 3.8) is 0 Å². The molecule has 2 aromatic carbocycles. The molecule has 0 aliphatic carbocycles. The number of thioether (sulfide) groups is 1. The molecule has 0 atom stereocenters. The van der Waals surface area contributed by atoms with E-state index >= 15 is 0 Å². The molecule has 0 bridgehead atoms. The fourth-order valence-corrected chi connectivity index (χ4v) is 3.31. The Morgan fingerprint density at radius 1 is 0.875 bits per heavy atom. The molecule has 4 aromatic rings. The maximum absolute atomic E-state index is 4.82. The molecule has 0 saturated heterocycles. The highest BCUT2D eigenvalue weighted by Crippen LogP contribution is 2.33. The SMILES string of the molecule is c1ccc(-c2nc(SCc3ncc[nH]3)[nH]c2-c2ccccc2)cc1. The van der Waals surface area contributed by atoms with Crippen molar-refractivity contribution in [3.8, 4) is 22.5 Å². The van der Waals surface area contributed by atoms with Crippen LogP contribution in [0.2, 0.25) is 0 Å². The zero-order chi connectivity index (χ0) is 16.2. The molecule has 5 heteroatoms. The summed E-state index contributed by atoms with van der Waals surface area (Å²) in [4.78, 5) is 15.7. The molecule has 0 aliphatic heterocycles. The standard InChI is InChI=1S/C19H16N4S/c1-3-7-14(8-4-1)17-18(15-9-5-2-6-10-15)23-19(22-17)24-13-16-20-11-12-21-16/h1-12H,13H2,(H,20,21)(H,22,23). The van der Waals surface area contributed by atoms with E-state index in [-0.39, 0.29) is 0 Å². The van der Waals surface area contributed by atoms with Crippen LogP contribution in [0, 0.1) is 0 Å². The van der Waals surface area contributed by atoms with Crippen LogP contribution in [0.15, 0.2) is 78.2 Å². The Bertz CT molecular complexity index is 842. The summed E-state index contributed by atoms with van der Waals surface area (Å²) in [7, 11) is 0. The molecule has 0 fully saturated rings. The summed E-state index contributed by atoms with van der Waals surface area (Å²) in [6, 6.07) is 20.6. The highest BCUT2D eigenvalue weighted by Gasteiger charge is 2.14. The summed E-state index contributed by atoms with van der Waals surface area (Å²) in [5.74, 6) is 1.70. The Hall–Kier alpha value is -2.79. The third-order valence-corrected chi connectivity index (χ3v) is 4.58. The molecule has 0 unspecified atom stereocenters. The maximum atomic E-state index is 4.82. The Balaban J connectivity index is 1.71. The first kappa shape index (κ1) is 14.8. The lowest BCUT2D eigenvalue weighted by Crippen LogP contribution is -1.84. The predicted molar refractivity (Wildman–Crippen MR) is 97.6 cm³/mol. The highest BCUT2D eigenvalue weighted by molar-refractivity contribution is 7.98. The van der Waals surface area contributed by atoms with Crippen LogP contribution in [-0.4, -0.2) is 19.9 Å². The lowest BCUT2D eigenvalue weighted by Gasteiger charge is -2.02. The van der Waals surface area contributed by atoms with Crippen molar-refractivity contribution in [2.24, 2.45) is 0 Å². The summed E-state index contributed by atoms with van der Waals surface area (Å²) in [6.07, 6.45) is 3.60. The Labute approximate surface area is 144 Å². The van der Waals surface area contributed by atoms with E-state index in [1.54, 1.807) is 18.0 Å². The van der Waals surface area contributed by atoms with Crippen molar-refractivity contribution < 1.29 is 0 Å². The minimum atomic E-state index is 0.753. The third kappa shape index (κ3) is 3.12. The monoisotopic (exact) mass is 332 g/mol. The van der Waals surface area contributed by atoms with Crippen molar-refractivity contribution >= 4 is 11.8 Å². The molecular formula is C19H16N4S. The van der Waals surface area contributed by atoms with Crippen molar-refractivity contribution in [1.82, 2.24) is 19.9 Å². The average molecular weight is 332 g/mol. The Morgan fingerprint density at radius 2 is 1.58 bits per heavy atom. The summed E-state index contributed by atoms with van der Waals surface area (Å²) in [5, 5.41) is 0.893. The molecule has 0 spiro atoms. The van der Waals surface area contributed by atoms with Gasteiger partial charge in [-0.2, -0.15) is 0 Å². The van der Waals surface area contributed by atoms with Gasteiger partial charge in [0, 0.05) is 23.5 Å². The number of imidazole rings is 2. The first-order valence-corrected chi connectivity index (χ1v) is 8.70. The van der Waals surface area contributed by atoms with Crippen LogP contribution < -0.4 is 0 Å². The van der Waals surface area contributed by atoms with Gasteiger partial charge in [-0.3, -0.25) is 0 Å².